The average molecular weight is 623 g/mol. The lowest BCUT2D eigenvalue weighted by atomic mass is 9.91. The van der Waals surface area contributed by atoms with Crippen molar-refractivity contribution < 1.29 is 0 Å². The molecule has 0 aliphatic rings. The van der Waals surface area contributed by atoms with Crippen LogP contribution in [0.4, 0.5) is 0 Å². The summed E-state index contributed by atoms with van der Waals surface area (Å²) in [5, 5.41) is 4.41. The van der Waals surface area contributed by atoms with E-state index in [1.54, 1.807) is 0 Å². The second-order valence-electron chi connectivity index (χ2n) is 14.9. The summed E-state index contributed by atoms with van der Waals surface area (Å²) in [6, 6.07) is 43.0. The molecule has 4 aromatic carbocycles. The zero-order valence-electron chi connectivity index (χ0n) is 28.3. The van der Waals surface area contributed by atoms with E-state index in [-0.39, 0.29) is 10.8 Å². The van der Waals surface area contributed by atoms with Crippen molar-refractivity contribution >= 4 is 43.6 Å². The Labute approximate surface area is 281 Å². The molecular weight excluding hydrogens is 585 g/mol. The molecule has 234 valence electrons. The number of pyridine rings is 4. The molecule has 4 aromatic heterocycles. The van der Waals surface area contributed by atoms with Gasteiger partial charge < -0.3 is 0 Å². The number of aromatic nitrogens is 4. The quantitative estimate of drug-likeness (QED) is 0.184. The van der Waals surface area contributed by atoms with Crippen molar-refractivity contribution in [3.63, 3.8) is 0 Å². The molecule has 0 unspecified atom stereocenters. The van der Waals surface area contributed by atoms with Gasteiger partial charge in [-0.15, -0.1) is 0 Å². The Morgan fingerprint density at radius 2 is 0.562 bits per heavy atom. The van der Waals surface area contributed by atoms with Crippen LogP contribution in [0.5, 0.6) is 0 Å². The number of rotatable bonds is 3. The summed E-state index contributed by atoms with van der Waals surface area (Å²) >= 11 is 0. The standard InChI is InChI=1S/C44H38N4/c1-43(2,3)37-25-21-33-17-15-31-19-23-35(45-39(31)41(33)47-37)29-11-7-27(8-12-29)28-9-13-30(14-10-28)36-24-20-32-16-18-34-22-26-38(44(4,5)6)48-42(34)40(32)46-36/h7-26H,1-6H3. The highest BCUT2D eigenvalue weighted by Crippen LogP contribution is 2.32. The molecule has 0 fully saturated rings. The Balaban J connectivity index is 1.10. The normalized spacial score (nSPS) is 12.4. The van der Waals surface area contributed by atoms with E-state index in [2.05, 4.69) is 163 Å². The van der Waals surface area contributed by atoms with Gasteiger partial charge in [-0.25, -0.2) is 19.9 Å². The summed E-state index contributed by atoms with van der Waals surface area (Å²) in [4.78, 5) is 20.4. The van der Waals surface area contributed by atoms with Crippen LogP contribution >= 0.6 is 0 Å². The van der Waals surface area contributed by atoms with Crippen molar-refractivity contribution in [2.45, 2.75) is 52.4 Å². The number of fused-ring (bicyclic) bond motifs is 6. The molecule has 0 amide bonds. The monoisotopic (exact) mass is 622 g/mol. The molecule has 0 N–H and O–H groups in total. The molecule has 4 heteroatoms. The zero-order chi connectivity index (χ0) is 33.2. The van der Waals surface area contributed by atoms with Crippen molar-refractivity contribution in [2.75, 3.05) is 0 Å². The van der Waals surface area contributed by atoms with Gasteiger partial charge in [0, 0.05) is 54.9 Å². The molecule has 0 aliphatic heterocycles. The number of hydrogen-bond donors (Lipinski definition) is 0. The lowest BCUT2D eigenvalue weighted by Crippen LogP contribution is -2.13. The van der Waals surface area contributed by atoms with Gasteiger partial charge in [0.15, 0.2) is 0 Å². The van der Waals surface area contributed by atoms with Crippen LogP contribution in [0, 0.1) is 0 Å². The Morgan fingerprint density at radius 1 is 0.292 bits per heavy atom. The Kier molecular flexibility index (Phi) is 6.89. The molecule has 0 spiro atoms. The minimum absolute atomic E-state index is 0.0309. The van der Waals surface area contributed by atoms with Gasteiger partial charge >= 0.3 is 0 Å². The predicted molar refractivity (Wildman–Crippen MR) is 201 cm³/mol. The summed E-state index contributed by atoms with van der Waals surface area (Å²) in [5.41, 5.74) is 12.2. The van der Waals surface area contributed by atoms with Crippen molar-refractivity contribution in [3.8, 4) is 33.6 Å². The van der Waals surface area contributed by atoms with Gasteiger partial charge in [-0.3, -0.25) is 0 Å². The highest BCUT2D eigenvalue weighted by Gasteiger charge is 2.18. The van der Waals surface area contributed by atoms with Gasteiger partial charge in [0.1, 0.15) is 0 Å². The van der Waals surface area contributed by atoms with E-state index in [9.17, 15) is 0 Å². The molecule has 0 saturated carbocycles. The van der Waals surface area contributed by atoms with Crippen LogP contribution in [0.3, 0.4) is 0 Å². The van der Waals surface area contributed by atoms with Gasteiger partial charge in [0.2, 0.25) is 0 Å². The van der Waals surface area contributed by atoms with E-state index in [4.69, 9.17) is 19.9 Å². The smallest absolute Gasteiger partial charge is 0.0972 e. The molecule has 0 aliphatic carbocycles. The topological polar surface area (TPSA) is 51.6 Å². The maximum absolute atomic E-state index is 5.13. The first-order chi connectivity index (χ1) is 23.0. The van der Waals surface area contributed by atoms with Crippen molar-refractivity contribution in [2.24, 2.45) is 0 Å². The van der Waals surface area contributed by atoms with E-state index >= 15 is 0 Å². The number of hydrogen-bond acceptors (Lipinski definition) is 4. The fourth-order valence-electron chi connectivity index (χ4n) is 6.36. The molecule has 8 rings (SSSR count). The third-order valence-corrected chi connectivity index (χ3v) is 9.27. The SMILES string of the molecule is CC(C)(C)c1ccc2ccc3ccc(-c4ccc(-c5ccc(-c6ccc7ccc8ccc(C(C)(C)C)nc8c7n6)cc5)cc4)nc3c2n1. The Morgan fingerprint density at radius 3 is 0.896 bits per heavy atom. The molecule has 0 bridgehead atoms. The minimum Gasteiger partial charge on any atom is -0.250 e. The van der Waals surface area contributed by atoms with E-state index in [0.717, 1.165) is 88.6 Å². The lowest BCUT2D eigenvalue weighted by molar-refractivity contribution is 0.571. The van der Waals surface area contributed by atoms with E-state index in [1.807, 2.05) is 0 Å². The minimum atomic E-state index is -0.0309. The molecule has 8 aromatic rings. The Bertz CT molecular complexity index is 2320. The summed E-state index contributed by atoms with van der Waals surface area (Å²) in [6.45, 7) is 13.2. The van der Waals surface area contributed by atoms with Crippen LogP contribution in [-0.2, 0) is 10.8 Å². The van der Waals surface area contributed by atoms with Crippen molar-refractivity contribution in [1.29, 1.82) is 0 Å². The average Bonchev–Trinajstić information content (AvgIpc) is 3.10. The van der Waals surface area contributed by atoms with E-state index in [0.29, 0.717) is 0 Å². The first-order valence-corrected chi connectivity index (χ1v) is 16.6. The lowest BCUT2D eigenvalue weighted by Gasteiger charge is -2.18. The van der Waals surface area contributed by atoms with Crippen LogP contribution in [0.15, 0.2) is 121 Å². The number of benzene rings is 4. The fourth-order valence-corrected chi connectivity index (χ4v) is 6.36. The Hall–Kier alpha value is -5.48. The molecule has 48 heavy (non-hydrogen) atoms. The molecular formula is C44H38N4. The van der Waals surface area contributed by atoms with Crippen LogP contribution in [0.25, 0.3) is 77.3 Å². The third-order valence-electron chi connectivity index (χ3n) is 9.27. The zero-order valence-corrected chi connectivity index (χ0v) is 28.3. The molecule has 0 atom stereocenters. The van der Waals surface area contributed by atoms with Crippen LogP contribution in [-0.4, -0.2) is 19.9 Å². The maximum atomic E-state index is 5.13. The van der Waals surface area contributed by atoms with Gasteiger partial charge in [-0.1, -0.05) is 139 Å². The largest absolute Gasteiger partial charge is 0.250 e. The summed E-state index contributed by atoms with van der Waals surface area (Å²) in [6.07, 6.45) is 0. The molecule has 0 saturated heterocycles. The maximum Gasteiger partial charge on any atom is 0.0972 e. The van der Waals surface area contributed by atoms with E-state index < -0.39 is 0 Å². The molecule has 0 radical (unpaired) electrons. The predicted octanol–water partition coefficient (Wildman–Crippen LogP) is 11.5. The van der Waals surface area contributed by atoms with Crippen LogP contribution in [0.2, 0.25) is 0 Å². The number of nitrogens with zero attached hydrogens (tertiary/aromatic N) is 4. The second kappa shape index (κ2) is 11.1. The molecule has 4 nitrogen and oxygen atoms in total. The fraction of sp³-hybridized carbons (Fsp3) is 0.182. The van der Waals surface area contributed by atoms with Crippen molar-refractivity contribution in [3.05, 3.63) is 133 Å². The molecule has 4 heterocycles. The van der Waals surface area contributed by atoms with Crippen LogP contribution < -0.4 is 0 Å². The second-order valence-corrected chi connectivity index (χ2v) is 14.9. The van der Waals surface area contributed by atoms with Gasteiger partial charge in [0.05, 0.1) is 33.5 Å². The summed E-state index contributed by atoms with van der Waals surface area (Å²) in [7, 11) is 0. The van der Waals surface area contributed by atoms with E-state index in [1.165, 1.54) is 0 Å². The summed E-state index contributed by atoms with van der Waals surface area (Å²) in [5.74, 6) is 0. The third kappa shape index (κ3) is 5.37. The first kappa shape index (κ1) is 29.9. The highest BCUT2D eigenvalue weighted by atomic mass is 14.8. The first-order valence-electron chi connectivity index (χ1n) is 16.6. The van der Waals surface area contributed by atoms with Gasteiger partial charge in [-0.2, -0.15) is 0 Å². The highest BCUT2D eigenvalue weighted by molar-refractivity contribution is 6.04. The van der Waals surface area contributed by atoms with Crippen LogP contribution in [0.1, 0.15) is 52.9 Å². The van der Waals surface area contributed by atoms with Gasteiger partial charge in [0.25, 0.3) is 0 Å². The van der Waals surface area contributed by atoms with Crippen molar-refractivity contribution in [1.82, 2.24) is 19.9 Å². The van der Waals surface area contributed by atoms with Gasteiger partial charge in [-0.05, 0) is 35.4 Å². The summed E-state index contributed by atoms with van der Waals surface area (Å²) < 4.78 is 0.